The van der Waals surface area contributed by atoms with Crippen LogP contribution in [0, 0.1) is 0 Å². The zero-order valence-electron chi connectivity index (χ0n) is 3.21. The molecule has 0 unspecified atom stereocenters. The van der Waals surface area contributed by atoms with E-state index in [0.29, 0.717) is 0 Å². The van der Waals surface area contributed by atoms with E-state index < -0.39 is 0 Å². The van der Waals surface area contributed by atoms with E-state index >= 15 is 0 Å². The molecule has 2 heteroatoms. The maximum absolute atomic E-state index is 3.62. The Hall–Kier alpha value is 0.805. The molecule has 0 fully saturated rings. The van der Waals surface area contributed by atoms with Crippen molar-refractivity contribution in [2.45, 2.75) is 6.92 Å². The van der Waals surface area contributed by atoms with Gasteiger partial charge in [0, 0.05) is 0 Å². The first-order valence-corrected chi connectivity index (χ1v) is 2.35. The highest BCUT2D eigenvalue weighted by atomic mass is 27.0. The summed E-state index contributed by atoms with van der Waals surface area (Å²) in [6.07, 6.45) is 0. The Bertz CT molecular complexity index is 27.9. The Kier molecular flexibility index (Phi) is 8.90. The average molecular weight is 100 g/mol. The van der Waals surface area contributed by atoms with Crippen molar-refractivity contribution in [3.05, 3.63) is 11.0 Å². The second-order valence-corrected chi connectivity index (χ2v) is 2.91. The van der Waals surface area contributed by atoms with Crippen molar-refractivity contribution < 1.29 is 0 Å². The van der Waals surface area contributed by atoms with E-state index in [0.717, 1.165) is 16.3 Å². The molecule has 0 saturated carbocycles. The Balaban J connectivity index is 0. The molecule has 0 nitrogen and oxygen atoms in total. The van der Waals surface area contributed by atoms with E-state index in [2.05, 4.69) is 6.58 Å². The first-order valence-electron chi connectivity index (χ1n) is 1.35. The van der Waals surface area contributed by atoms with Crippen LogP contribution in [0.1, 0.15) is 6.92 Å². The quantitative estimate of drug-likeness (QED) is 0.341. The minimum absolute atomic E-state index is 0. The van der Waals surface area contributed by atoms with Crippen LogP contribution in [0.3, 0.4) is 0 Å². The number of allylic oxidation sites excluding steroid dienone is 1. The van der Waals surface area contributed by atoms with Crippen LogP contribution in [-0.4, -0.2) is 33.7 Å². The van der Waals surface area contributed by atoms with Crippen LogP contribution in [0.2, 0.25) is 0 Å². The van der Waals surface area contributed by atoms with Gasteiger partial charge in [0.05, 0.1) is 0 Å². The third kappa shape index (κ3) is 58.3. The molecule has 0 aromatic rings. The molecule has 0 amide bonds. The van der Waals surface area contributed by atoms with Gasteiger partial charge >= 0.3 is 0 Å². The van der Waals surface area contributed by atoms with E-state index in [9.17, 15) is 0 Å². The Morgan fingerprint density at radius 1 is 1.80 bits per heavy atom. The number of rotatable bonds is 0. The van der Waals surface area contributed by atoms with Crippen molar-refractivity contribution >= 4 is 33.7 Å². The fourth-order valence-corrected chi connectivity index (χ4v) is 0. The van der Waals surface area contributed by atoms with Crippen LogP contribution in [0.4, 0.5) is 0 Å². The van der Waals surface area contributed by atoms with Gasteiger partial charge in [-0.1, -0.05) is 6.92 Å². The summed E-state index contributed by atoms with van der Waals surface area (Å²) in [6, 6.07) is 0. The maximum Gasteiger partial charge on any atom is 0.250 e. The van der Waals surface area contributed by atoms with Crippen LogP contribution < -0.4 is 0 Å². The zero-order chi connectivity index (χ0) is 3.58. The molecule has 0 atom stereocenters. The Labute approximate surface area is 51.8 Å². The fraction of sp³-hybridized carbons (Fsp3) is 0.333. The molecule has 0 rings (SSSR count). The summed E-state index contributed by atoms with van der Waals surface area (Å²) in [4.78, 5) is 0. The summed E-state index contributed by atoms with van der Waals surface area (Å²) in [6.45, 7) is 5.65. The first-order chi connectivity index (χ1) is 1.73. The van der Waals surface area contributed by atoms with Crippen molar-refractivity contribution in [2.24, 2.45) is 0 Å². The predicted octanol–water partition coefficient (Wildman–Crippen LogP) is -1.03. The van der Waals surface area contributed by atoms with Crippen LogP contribution in [-0.2, 0) is 0 Å². The smallest absolute Gasteiger partial charge is 0.150 e. The summed E-state index contributed by atoms with van der Waals surface area (Å²) < 4.78 is 1.31. The van der Waals surface area contributed by atoms with E-state index in [1.165, 1.54) is 4.44 Å². The summed E-state index contributed by atoms with van der Waals surface area (Å²) in [7, 11) is 0. The number of hydrogen-bond donors (Lipinski definition) is 0. The van der Waals surface area contributed by atoms with Gasteiger partial charge in [0.1, 0.15) is 0 Å². The second kappa shape index (κ2) is 4.80. The molecular weight excluding hydrogens is 90.0 g/mol. The molecule has 0 aliphatic carbocycles. The molecule has 0 aliphatic heterocycles. The highest BCUT2D eigenvalue weighted by molar-refractivity contribution is 6.20. The minimum Gasteiger partial charge on any atom is -0.150 e. The van der Waals surface area contributed by atoms with E-state index in [4.69, 9.17) is 0 Å². The minimum atomic E-state index is 0. The lowest BCUT2D eigenvalue weighted by atomic mass is 10.8. The lowest BCUT2D eigenvalue weighted by Crippen LogP contribution is -1.56. The predicted molar refractivity (Wildman–Crippen MR) is 33.3 cm³/mol. The van der Waals surface area contributed by atoms with Crippen molar-refractivity contribution in [1.29, 1.82) is 0 Å². The van der Waals surface area contributed by atoms with Crippen molar-refractivity contribution in [3.63, 3.8) is 0 Å². The van der Waals surface area contributed by atoms with Gasteiger partial charge in [-0.3, -0.25) is 0 Å². The second-order valence-electron chi connectivity index (χ2n) is 1.21. The van der Waals surface area contributed by atoms with Gasteiger partial charge < -0.3 is 0 Å². The highest BCUT2D eigenvalue weighted by Gasteiger charge is 1.55. The van der Waals surface area contributed by atoms with Crippen molar-refractivity contribution in [3.8, 4) is 0 Å². The SMILES string of the molecule is C=[C](C)[AlH2].[AlH3]. The summed E-state index contributed by atoms with van der Waals surface area (Å²) in [5, 5.41) is 0. The summed E-state index contributed by atoms with van der Waals surface area (Å²) >= 11 is 1.15. The van der Waals surface area contributed by atoms with Crippen LogP contribution >= 0.6 is 0 Å². The highest BCUT2D eigenvalue weighted by Crippen LogP contribution is 1.65. The molecule has 0 spiro atoms. The van der Waals surface area contributed by atoms with E-state index in [1.54, 1.807) is 0 Å². The third-order valence-corrected chi connectivity index (χ3v) is 0. The van der Waals surface area contributed by atoms with Gasteiger partial charge in [-0.2, -0.15) is 4.44 Å². The van der Waals surface area contributed by atoms with Crippen LogP contribution in [0.15, 0.2) is 11.0 Å². The van der Waals surface area contributed by atoms with Gasteiger partial charge in [0.25, 0.3) is 16.3 Å². The van der Waals surface area contributed by atoms with Gasteiger partial charge in [-0.25, -0.2) is 0 Å². The molecule has 5 heavy (non-hydrogen) atoms. The maximum atomic E-state index is 3.62. The Morgan fingerprint density at radius 2 is 1.80 bits per heavy atom. The fourth-order valence-electron chi connectivity index (χ4n) is 0. The topological polar surface area (TPSA) is 0 Å². The largest absolute Gasteiger partial charge is 0.250 e. The standard InChI is InChI=1S/C3H5.2Al.5H/c1-3-2;;;;;;;/h1H2,2H3;;;;;;;. The normalized spacial score (nSPS) is 5.00. The summed E-state index contributed by atoms with van der Waals surface area (Å²) in [5.41, 5.74) is 0. The first kappa shape index (κ1) is 9.26. The summed E-state index contributed by atoms with van der Waals surface area (Å²) in [5.74, 6) is 0. The number of hydrogen-bond acceptors (Lipinski definition) is 0. The van der Waals surface area contributed by atoms with Gasteiger partial charge in [-0.05, 0) is 0 Å². The third-order valence-electron chi connectivity index (χ3n) is 0. The molecule has 0 N–H and O–H groups in total. The van der Waals surface area contributed by atoms with Crippen molar-refractivity contribution in [1.82, 2.24) is 0 Å². The molecule has 0 bridgehead atoms. The molecule has 0 radical (unpaired) electrons. The molecule has 0 aliphatic rings. The molecular formula is C3H10Al2. The monoisotopic (exact) mass is 100 g/mol. The zero-order valence-corrected chi connectivity index (χ0v) is 5.21. The van der Waals surface area contributed by atoms with Gasteiger partial charge in [0.2, 0.25) is 0 Å². The lowest BCUT2D eigenvalue weighted by molar-refractivity contribution is 1.72. The molecule has 0 saturated heterocycles. The molecule has 0 aromatic carbocycles. The molecule has 0 heterocycles. The Morgan fingerprint density at radius 3 is 1.80 bits per heavy atom. The van der Waals surface area contributed by atoms with Gasteiger partial charge in [0.15, 0.2) is 17.4 Å². The van der Waals surface area contributed by atoms with Crippen LogP contribution in [0.25, 0.3) is 0 Å². The lowest BCUT2D eigenvalue weighted by Gasteiger charge is -1.64. The van der Waals surface area contributed by atoms with E-state index in [-0.39, 0.29) is 17.4 Å². The van der Waals surface area contributed by atoms with Gasteiger partial charge in [-0.15, -0.1) is 6.58 Å². The van der Waals surface area contributed by atoms with Crippen molar-refractivity contribution in [2.75, 3.05) is 0 Å². The molecule has 28 valence electrons. The van der Waals surface area contributed by atoms with Crippen LogP contribution in [0.5, 0.6) is 0 Å². The van der Waals surface area contributed by atoms with E-state index in [1.807, 2.05) is 6.92 Å². The molecule has 0 aromatic heterocycles. The average Bonchev–Trinajstić information content (AvgIpc) is 0.811.